The molecule has 1 aliphatic rings. The Morgan fingerprint density at radius 3 is 2.27 bits per heavy atom. The number of piperazine rings is 1. The zero-order chi connectivity index (χ0) is 23.6. The summed E-state index contributed by atoms with van der Waals surface area (Å²) in [5.74, 6) is -0.0441. The van der Waals surface area contributed by atoms with Crippen LogP contribution in [0.5, 0.6) is 5.75 Å². The summed E-state index contributed by atoms with van der Waals surface area (Å²) in [6.45, 7) is 2.30. The minimum atomic E-state index is -3.57. The molecular weight excluding hydrogens is 464 g/mol. The third-order valence-corrected chi connectivity index (χ3v) is 7.82. The molecule has 0 bridgehead atoms. The van der Waals surface area contributed by atoms with Gasteiger partial charge in [-0.25, -0.2) is 8.42 Å². The van der Waals surface area contributed by atoms with E-state index in [4.69, 9.17) is 16.3 Å². The standard InChI is InChI=1S/C23H25ClN4O4S/c1-26-11-13-28(14-12-26)33(30,31)18-7-5-17(6-8-18)25-23(29)19-15-20(24)21(16-22(19)32-2)27-9-3-4-10-27/h3-10,15-16H,11-14H2,1-2H3,(H,25,29). The number of nitrogens with zero attached hydrogens (tertiary/aromatic N) is 3. The number of methoxy groups -OCH3 is 1. The third kappa shape index (κ3) is 4.91. The van der Waals surface area contributed by atoms with Crippen molar-refractivity contribution in [2.24, 2.45) is 0 Å². The lowest BCUT2D eigenvalue weighted by Gasteiger charge is -2.31. The molecule has 4 rings (SSSR count). The maximum absolute atomic E-state index is 12.9. The summed E-state index contributed by atoms with van der Waals surface area (Å²) in [7, 11) is -0.118. The number of aromatic nitrogens is 1. The van der Waals surface area contributed by atoms with Gasteiger partial charge < -0.3 is 19.5 Å². The molecule has 0 aliphatic carbocycles. The molecule has 0 saturated carbocycles. The second kappa shape index (κ2) is 9.56. The van der Waals surface area contributed by atoms with Crippen LogP contribution in [-0.2, 0) is 10.0 Å². The van der Waals surface area contributed by atoms with E-state index in [9.17, 15) is 13.2 Å². The number of rotatable bonds is 6. The van der Waals surface area contributed by atoms with E-state index in [1.165, 1.54) is 23.5 Å². The summed E-state index contributed by atoms with van der Waals surface area (Å²) < 4.78 is 34.5. The zero-order valence-electron chi connectivity index (χ0n) is 18.4. The lowest BCUT2D eigenvalue weighted by molar-refractivity contribution is 0.102. The van der Waals surface area contributed by atoms with Crippen molar-refractivity contribution in [1.82, 2.24) is 13.8 Å². The van der Waals surface area contributed by atoms with E-state index in [-0.39, 0.29) is 10.5 Å². The van der Waals surface area contributed by atoms with Crippen LogP contribution < -0.4 is 10.1 Å². The normalized spacial score (nSPS) is 15.4. The Hall–Kier alpha value is -2.85. The number of carbonyl (C=O) groups excluding carboxylic acids is 1. The third-order valence-electron chi connectivity index (χ3n) is 5.61. The topological polar surface area (TPSA) is 83.9 Å². The van der Waals surface area contributed by atoms with E-state index >= 15 is 0 Å². The Bertz CT molecular complexity index is 1240. The molecule has 0 unspecified atom stereocenters. The van der Waals surface area contributed by atoms with Crippen molar-refractivity contribution in [2.45, 2.75) is 4.90 Å². The average Bonchev–Trinajstić information content (AvgIpc) is 3.34. The Labute approximate surface area is 198 Å². The molecule has 33 heavy (non-hydrogen) atoms. The van der Waals surface area contributed by atoms with Crippen LogP contribution in [0.25, 0.3) is 5.69 Å². The predicted octanol–water partition coefficient (Wildman–Crippen LogP) is 3.33. The van der Waals surface area contributed by atoms with Crippen molar-refractivity contribution < 1.29 is 17.9 Å². The largest absolute Gasteiger partial charge is 0.496 e. The molecule has 1 saturated heterocycles. The van der Waals surface area contributed by atoms with Crippen molar-refractivity contribution in [3.63, 3.8) is 0 Å². The maximum Gasteiger partial charge on any atom is 0.259 e. The van der Waals surface area contributed by atoms with Crippen LogP contribution in [0.3, 0.4) is 0 Å². The first-order chi connectivity index (χ1) is 15.8. The molecule has 1 aromatic heterocycles. The number of benzene rings is 2. The first kappa shape index (κ1) is 23.3. The summed E-state index contributed by atoms with van der Waals surface area (Å²) in [4.78, 5) is 15.2. The molecule has 1 N–H and O–H groups in total. The first-order valence-corrected chi connectivity index (χ1v) is 12.2. The molecule has 10 heteroatoms. The number of hydrogen-bond acceptors (Lipinski definition) is 5. The van der Waals surface area contributed by atoms with Crippen LogP contribution in [-0.4, -0.2) is 68.4 Å². The van der Waals surface area contributed by atoms with Gasteiger partial charge in [0.05, 0.1) is 28.3 Å². The number of amides is 1. The van der Waals surface area contributed by atoms with Crippen LogP contribution in [0, 0.1) is 0 Å². The van der Waals surface area contributed by atoms with Gasteiger partial charge in [-0.1, -0.05) is 11.6 Å². The molecule has 1 fully saturated rings. The second-order valence-corrected chi connectivity index (χ2v) is 10.1. The molecule has 3 aromatic rings. The Kier molecular flexibility index (Phi) is 6.76. The van der Waals surface area contributed by atoms with Gasteiger partial charge in [0.1, 0.15) is 5.75 Å². The van der Waals surface area contributed by atoms with E-state index in [2.05, 4.69) is 10.2 Å². The highest BCUT2D eigenvalue weighted by Gasteiger charge is 2.27. The smallest absolute Gasteiger partial charge is 0.259 e. The number of ether oxygens (including phenoxy) is 1. The van der Waals surface area contributed by atoms with Gasteiger partial charge in [0.25, 0.3) is 5.91 Å². The fourth-order valence-corrected chi connectivity index (χ4v) is 5.35. The van der Waals surface area contributed by atoms with Crippen LogP contribution >= 0.6 is 11.6 Å². The summed E-state index contributed by atoms with van der Waals surface area (Å²) in [6, 6.07) is 13.1. The van der Waals surface area contributed by atoms with Crippen LogP contribution in [0.4, 0.5) is 5.69 Å². The Morgan fingerprint density at radius 1 is 1.03 bits per heavy atom. The van der Waals surface area contributed by atoms with Crippen LogP contribution in [0.1, 0.15) is 10.4 Å². The number of anilines is 1. The van der Waals surface area contributed by atoms with E-state index in [0.29, 0.717) is 48.3 Å². The lowest BCUT2D eigenvalue weighted by Crippen LogP contribution is -2.46. The Balaban J connectivity index is 1.52. The molecule has 2 aromatic carbocycles. The number of likely N-dealkylation sites (N-methyl/N-ethyl adjacent to an activating group) is 1. The van der Waals surface area contributed by atoms with Crippen molar-refractivity contribution in [1.29, 1.82) is 0 Å². The minimum absolute atomic E-state index is 0.196. The monoisotopic (exact) mass is 488 g/mol. The summed E-state index contributed by atoms with van der Waals surface area (Å²) >= 11 is 6.42. The summed E-state index contributed by atoms with van der Waals surface area (Å²) in [5.41, 5.74) is 1.42. The molecule has 0 atom stereocenters. The quantitative estimate of drug-likeness (QED) is 0.575. The molecule has 0 radical (unpaired) electrons. The fourth-order valence-electron chi connectivity index (χ4n) is 3.67. The number of nitrogens with one attached hydrogen (secondary N) is 1. The molecule has 8 nitrogen and oxygen atoms in total. The average molecular weight is 489 g/mol. The second-order valence-electron chi connectivity index (χ2n) is 7.78. The van der Waals surface area contributed by atoms with E-state index < -0.39 is 15.9 Å². The van der Waals surface area contributed by atoms with Gasteiger partial charge in [0, 0.05) is 50.3 Å². The van der Waals surface area contributed by atoms with Crippen LogP contribution in [0.15, 0.2) is 65.8 Å². The number of hydrogen-bond donors (Lipinski definition) is 1. The van der Waals surface area contributed by atoms with Gasteiger partial charge in [-0.2, -0.15) is 4.31 Å². The Morgan fingerprint density at radius 2 is 1.67 bits per heavy atom. The summed E-state index contributed by atoms with van der Waals surface area (Å²) in [6.07, 6.45) is 3.69. The first-order valence-electron chi connectivity index (χ1n) is 10.4. The number of sulfonamides is 1. The highest BCUT2D eigenvalue weighted by atomic mass is 35.5. The van der Waals surface area contributed by atoms with Crippen molar-refractivity contribution in [2.75, 3.05) is 45.7 Å². The fraction of sp³-hybridized carbons (Fsp3) is 0.261. The van der Waals surface area contributed by atoms with Gasteiger partial charge in [-0.15, -0.1) is 0 Å². The van der Waals surface area contributed by atoms with Crippen molar-refractivity contribution >= 4 is 33.2 Å². The molecule has 0 spiro atoms. The van der Waals surface area contributed by atoms with E-state index in [1.807, 2.05) is 36.1 Å². The molecule has 1 amide bonds. The lowest BCUT2D eigenvalue weighted by atomic mass is 10.1. The van der Waals surface area contributed by atoms with Gasteiger partial charge in [0.2, 0.25) is 10.0 Å². The van der Waals surface area contributed by atoms with Crippen molar-refractivity contribution in [3.05, 3.63) is 71.5 Å². The van der Waals surface area contributed by atoms with Crippen molar-refractivity contribution in [3.8, 4) is 11.4 Å². The molecule has 2 heterocycles. The van der Waals surface area contributed by atoms with E-state index in [0.717, 1.165) is 0 Å². The van der Waals surface area contributed by atoms with E-state index in [1.54, 1.807) is 24.3 Å². The SMILES string of the molecule is COc1cc(-n2cccc2)c(Cl)cc1C(=O)Nc1ccc(S(=O)(=O)N2CCN(C)CC2)cc1. The van der Waals surface area contributed by atoms with Gasteiger partial charge in [-0.05, 0) is 49.5 Å². The summed E-state index contributed by atoms with van der Waals surface area (Å²) in [5, 5.41) is 3.17. The molecule has 174 valence electrons. The highest BCUT2D eigenvalue weighted by Crippen LogP contribution is 2.30. The number of carbonyl (C=O) groups is 1. The highest BCUT2D eigenvalue weighted by molar-refractivity contribution is 7.89. The van der Waals surface area contributed by atoms with Gasteiger partial charge >= 0.3 is 0 Å². The van der Waals surface area contributed by atoms with Gasteiger partial charge in [0.15, 0.2) is 0 Å². The predicted molar refractivity (Wildman–Crippen MR) is 128 cm³/mol. The zero-order valence-corrected chi connectivity index (χ0v) is 19.9. The molecular formula is C23H25ClN4O4S. The number of halogens is 1. The molecule has 1 aliphatic heterocycles. The van der Waals surface area contributed by atoms with Crippen LogP contribution in [0.2, 0.25) is 5.02 Å². The minimum Gasteiger partial charge on any atom is -0.496 e. The maximum atomic E-state index is 12.9. The van der Waals surface area contributed by atoms with Gasteiger partial charge in [-0.3, -0.25) is 4.79 Å².